The van der Waals surface area contributed by atoms with Gasteiger partial charge in [0, 0.05) is 0 Å². The molecule has 0 saturated heterocycles. The van der Waals surface area contributed by atoms with Crippen LogP contribution in [-0.4, -0.2) is 18.1 Å². The van der Waals surface area contributed by atoms with E-state index in [1.54, 1.807) is 12.1 Å². The van der Waals surface area contributed by atoms with E-state index in [0.29, 0.717) is 5.39 Å². The first kappa shape index (κ1) is 13.5. The summed E-state index contributed by atoms with van der Waals surface area (Å²) in [6.45, 7) is 0. The minimum atomic E-state index is -4.19. The summed E-state index contributed by atoms with van der Waals surface area (Å²) in [4.78, 5) is -0.180. The molecular formula is C10H9NaO4S. The predicted molar refractivity (Wildman–Crippen MR) is 56.5 cm³/mol. The molecule has 2 aromatic carbocycles. The molecule has 0 atom stereocenters. The molecule has 2 rings (SSSR count). The van der Waals surface area contributed by atoms with Crippen LogP contribution in [0.25, 0.3) is 10.8 Å². The number of phenolic OH excluding ortho intramolecular Hbond substituents is 1. The Morgan fingerprint density at radius 1 is 1.00 bits per heavy atom. The number of phenols is 1. The molecule has 0 aliphatic carbocycles. The van der Waals surface area contributed by atoms with Crippen molar-refractivity contribution in [1.29, 1.82) is 0 Å². The van der Waals surface area contributed by atoms with Gasteiger partial charge in [-0.25, -0.2) is 0 Å². The second kappa shape index (κ2) is 4.73. The van der Waals surface area contributed by atoms with Gasteiger partial charge in [-0.3, -0.25) is 4.55 Å². The Hall–Kier alpha value is -0.590. The number of benzene rings is 2. The van der Waals surface area contributed by atoms with Gasteiger partial charge in [0.2, 0.25) is 0 Å². The Labute approximate surface area is 116 Å². The summed E-state index contributed by atoms with van der Waals surface area (Å²) < 4.78 is 30.5. The van der Waals surface area contributed by atoms with E-state index in [0.717, 1.165) is 5.39 Å². The first-order valence-corrected chi connectivity index (χ1v) is 5.61. The molecule has 0 aromatic heterocycles. The first-order valence-electron chi connectivity index (χ1n) is 4.17. The molecule has 0 saturated carbocycles. The number of hydrogen-bond acceptors (Lipinski definition) is 3. The molecular weight excluding hydrogens is 239 g/mol. The maximum atomic E-state index is 10.9. The number of aromatic hydroxyl groups is 1. The van der Waals surface area contributed by atoms with Crippen LogP contribution in [0.15, 0.2) is 41.3 Å². The summed E-state index contributed by atoms with van der Waals surface area (Å²) in [6.07, 6.45) is 0. The Morgan fingerprint density at radius 2 is 1.62 bits per heavy atom. The maximum Gasteiger partial charge on any atom is 1.00 e. The van der Waals surface area contributed by atoms with Gasteiger partial charge in [0.05, 0.1) is 4.90 Å². The average molecular weight is 248 g/mol. The van der Waals surface area contributed by atoms with Crippen LogP contribution >= 0.6 is 0 Å². The fourth-order valence-electron chi connectivity index (χ4n) is 1.37. The van der Waals surface area contributed by atoms with Gasteiger partial charge in [-0.05, 0) is 35.0 Å². The Morgan fingerprint density at radius 3 is 2.25 bits per heavy atom. The largest absolute Gasteiger partial charge is 1.00 e. The van der Waals surface area contributed by atoms with E-state index in [-0.39, 0.29) is 41.6 Å². The SMILES string of the molecule is O=S(=O)(O)c1ccc2ccc(O)cc2c1.[H-].[Na+]. The minimum Gasteiger partial charge on any atom is -1.00 e. The zero-order valence-corrected chi connectivity index (χ0v) is 11.4. The topological polar surface area (TPSA) is 74.6 Å². The maximum absolute atomic E-state index is 10.9. The van der Waals surface area contributed by atoms with Crippen molar-refractivity contribution >= 4 is 20.9 Å². The monoisotopic (exact) mass is 248 g/mol. The van der Waals surface area contributed by atoms with Crippen LogP contribution in [0.4, 0.5) is 0 Å². The molecule has 2 aromatic rings. The fourth-order valence-corrected chi connectivity index (χ4v) is 1.89. The van der Waals surface area contributed by atoms with Crippen LogP contribution in [0.5, 0.6) is 5.75 Å². The second-order valence-corrected chi connectivity index (χ2v) is 4.59. The molecule has 0 amide bonds. The van der Waals surface area contributed by atoms with E-state index in [1.165, 1.54) is 24.3 Å². The van der Waals surface area contributed by atoms with Crippen molar-refractivity contribution in [3.8, 4) is 5.75 Å². The molecule has 16 heavy (non-hydrogen) atoms. The molecule has 0 aliphatic rings. The molecule has 2 N–H and O–H groups in total. The molecule has 80 valence electrons. The molecule has 0 aliphatic heterocycles. The van der Waals surface area contributed by atoms with Crippen LogP contribution in [0, 0.1) is 0 Å². The third-order valence-corrected chi connectivity index (χ3v) is 2.94. The average Bonchev–Trinajstić information content (AvgIpc) is 2.15. The summed E-state index contributed by atoms with van der Waals surface area (Å²) in [5.41, 5.74) is 0. The third kappa shape index (κ3) is 2.75. The van der Waals surface area contributed by atoms with Crippen molar-refractivity contribution in [1.82, 2.24) is 0 Å². The molecule has 6 heteroatoms. The zero-order chi connectivity index (χ0) is 11.1. The Bertz CT molecular complexity index is 627. The molecule has 0 radical (unpaired) electrons. The minimum absolute atomic E-state index is 0. The van der Waals surface area contributed by atoms with Gasteiger partial charge in [-0.15, -0.1) is 0 Å². The van der Waals surface area contributed by atoms with E-state index in [2.05, 4.69) is 0 Å². The molecule has 0 bridgehead atoms. The van der Waals surface area contributed by atoms with Crippen LogP contribution in [0.1, 0.15) is 1.43 Å². The van der Waals surface area contributed by atoms with Crippen molar-refractivity contribution in [3.05, 3.63) is 36.4 Å². The van der Waals surface area contributed by atoms with Crippen molar-refractivity contribution in [3.63, 3.8) is 0 Å². The van der Waals surface area contributed by atoms with Crippen molar-refractivity contribution < 1.29 is 49.1 Å². The van der Waals surface area contributed by atoms with Gasteiger partial charge in [0.1, 0.15) is 5.75 Å². The predicted octanol–water partition coefficient (Wildman–Crippen LogP) is -1.09. The van der Waals surface area contributed by atoms with Crippen molar-refractivity contribution in [2.75, 3.05) is 0 Å². The number of fused-ring (bicyclic) bond motifs is 1. The first-order chi connectivity index (χ1) is 6.97. The van der Waals surface area contributed by atoms with Gasteiger partial charge in [-0.2, -0.15) is 8.42 Å². The summed E-state index contributed by atoms with van der Waals surface area (Å²) in [6, 6.07) is 8.80. The molecule has 0 fully saturated rings. The van der Waals surface area contributed by atoms with E-state index in [4.69, 9.17) is 4.55 Å². The van der Waals surface area contributed by atoms with Gasteiger partial charge < -0.3 is 6.53 Å². The number of hydrogen-bond donors (Lipinski definition) is 2. The van der Waals surface area contributed by atoms with Gasteiger partial charge in [-0.1, -0.05) is 12.1 Å². The molecule has 0 heterocycles. The Kier molecular flexibility index (Phi) is 3.98. The summed E-state index contributed by atoms with van der Waals surface area (Å²) in [5.74, 6) is 0.0509. The van der Waals surface area contributed by atoms with E-state index in [9.17, 15) is 13.5 Å². The van der Waals surface area contributed by atoms with Gasteiger partial charge in [0.15, 0.2) is 0 Å². The van der Waals surface area contributed by atoms with Crippen LogP contribution in [-0.2, 0) is 10.1 Å². The molecule has 0 unspecified atom stereocenters. The van der Waals surface area contributed by atoms with E-state index >= 15 is 0 Å². The van der Waals surface area contributed by atoms with Gasteiger partial charge >= 0.3 is 29.6 Å². The third-order valence-electron chi connectivity index (χ3n) is 2.09. The number of rotatable bonds is 1. The summed E-state index contributed by atoms with van der Waals surface area (Å²) in [7, 11) is -4.19. The van der Waals surface area contributed by atoms with Gasteiger partial charge in [0.25, 0.3) is 10.1 Å². The molecule has 0 spiro atoms. The summed E-state index contributed by atoms with van der Waals surface area (Å²) >= 11 is 0. The normalized spacial score (nSPS) is 11.1. The van der Waals surface area contributed by atoms with Crippen LogP contribution in [0.2, 0.25) is 0 Å². The van der Waals surface area contributed by atoms with Crippen molar-refractivity contribution in [2.24, 2.45) is 0 Å². The molecule has 4 nitrogen and oxygen atoms in total. The Balaban J connectivity index is 0.00000128. The fraction of sp³-hybridized carbons (Fsp3) is 0. The van der Waals surface area contributed by atoms with E-state index in [1.807, 2.05) is 0 Å². The smallest absolute Gasteiger partial charge is 1.00 e. The zero-order valence-electron chi connectivity index (χ0n) is 9.58. The summed E-state index contributed by atoms with van der Waals surface area (Å²) in [5, 5.41) is 10.6. The van der Waals surface area contributed by atoms with Crippen LogP contribution < -0.4 is 29.6 Å². The van der Waals surface area contributed by atoms with Crippen LogP contribution in [0.3, 0.4) is 0 Å². The van der Waals surface area contributed by atoms with Crippen molar-refractivity contribution in [2.45, 2.75) is 4.90 Å². The second-order valence-electron chi connectivity index (χ2n) is 3.17. The van der Waals surface area contributed by atoms with E-state index < -0.39 is 10.1 Å². The quantitative estimate of drug-likeness (QED) is 0.496. The standard InChI is InChI=1S/C10H8O4S.Na.H/c11-9-3-1-7-2-4-10(15(12,13)14)6-8(7)5-9;;/h1-6,11H,(H,12,13,14);;/q;+1;-1.